The Morgan fingerprint density at radius 3 is 2.81 bits per heavy atom. The molecule has 1 aliphatic heterocycles. The highest BCUT2D eigenvalue weighted by Gasteiger charge is 2.39. The Morgan fingerprint density at radius 1 is 1.29 bits per heavy atom. The summed E-state index contributed by atoms with van der Waals surface area (Å²) in [6, 6.07) is 1.82. The molecule has 9 heteroatoms. The Labute approximate surface area is 118 Å². The van der Waals surface area contributed by atoms with E-state index >= 15 is 0 Å². The van der Waals surface area contributed by atoms with Crippen molar-refractivity contribution in [3.63, 3.8) is 0 Å². The van der Waals surface area contributed by atoms with Gasteiger partial charge in [-0.25, -0.2) is 0 Å². The number of alkyl halides is 3. The molecule has 2 N–H and O–H groups in total. The average molecular weight is 301 g/mol. The summed E-state index contributed by atoms with van der Waals surface area (Å²) in [5.74, 6) is 0.0903. The number of halogens is 3. The number of nitrogens with zero attached hydrogens (tertiary/aromatic N) is 4. The first-order chi connectivity index (χ1) is 9.99. The molecule has 0 unspecified atom stereocenters. The second kappa shape index (κ2) is 5.15. The monoisotopic (exact) mass is 301 g/mol. The molecule has 2 aromatic rings. The maximum atomic E-state index is 12.7. The highest BCUT2D eigenvalue weighted by Crippen LogP contribution is 2.29. The second-order valence-electron chi connectivity index (χ2n) is 4.87. The van der Waals surface area contributed by atoms with Crippen LogP contribution in [0.5, 0.6) is 0 Å². The van der Waals surface area contributed by atoms with Crippen LogP contribution in [0, 0.1) is 0 Å². The third kappa shape index (κ3) is 2.66. The number of rotatable bonds is 3. The molecule has 0 saturated heterocycles. The zero-order valence-corrected chi connectivity index (χ0v) is 11.1. The summed E-state index contributed by atoms with van der Waals surface area (Å²) in [6.45, 7) is 1.89. The van der Waals surface area contributed by atoms with Gasteiger partial charge < -0.3 is 14.7 Å². The van der Waals surface area contributed by atoms with E-state index in [2.05, 4.69) is 10.2 Å². The van der Waals surface area contributed by atoms with E-state index in [0.717, 1.165) is 10.1 Å². The Bertz CT molecular complexity index is 633. The summed E-state index contributed by atoms with van der Waals surface area (Å²) in [5, 5.41) is 6.91. The zero-order valence-electron chi connectivity index (χ0n) is 11.1. The van der Waals surface area contributed by atoms with Crippen molar-refractivity contribution in [2.45, 2.75) is 32.4 Å². The van der Waals surface area contributed by atoms with Crippen molar-refractivity contribution in [3.05, 3.63) is 35.3 Å². The highest BCUT2D eigenvalue weighted by molar-refractivity contribution is 5.17. The SMILES string of the molecule is NCc1occc1CN1CCn2c(nnc2C(F)(F)F)C1. The zero-order chi connectivity index (χ0) is 15.0. The Morgan fingerprint density at radius 2 is 2.10 bits per heavy atom. The van der Waals surface area contributed by atoms with Gasteiger partial charge in [-0.05, 0) is 6.07 Å². The standard InChI is InChI=1S/C12H14F3N5O/c13-12(14,15)11-18-17-10-7-19(2-3-20(10)11)6-8-1-4-21-9(8)5-16/h1,4H,2-3,5-7,16H2. The topological polar surface area (TPSA) is 73.1 Å². The molecule has 3 heterocycles. The highest BCUT2D eigenvalue weighted by atomic mass is 19.4. The number of aromatic nitrogens is 3. The molecule has 3 rings (SSSR count). The van der Waals surface area contributed by atoms with E-state index in [1.165, 1.54) is 0 Å². The van der Waals surface area contributed by atoms with E-state index in [1.807, 2.05) is 11.0 Å². The van der Waals surface area contributed by atoms with E-state index in [1.54, 1.807) is 6.26 Å². The Kier molecular flexibility index (Phi) is 3.46. The lowest BCUT2D eigenvalue weighted by atomic mass is 10.2. The van der Waals surface area contributed by atoms with Gasteiger partial charge in [0.15, 0.2) is 0 Å². The van der Waals surface area contributed by atoms with Gasteiger partial charge in [0.2, 0.25) is 5.82 Å². The van der Waals surface area contributed by atoms with E-state index in [9.17, 15) is 13.2 Å². The van der Waals surface area contributed by atoms with Crippen molar-refractivity contribution < 1.29 is 17.6 Å². The number of hydrogen-bond acceptors (Lipinski definition) is 5. The third-order valence-electron chi connectivity index (χ3n) is 3.50. The van der Waals surface area contributed by atoms with Crippen molar-refractivity contribution in [2.24, 2.45) is 5.73 Å². The van der Waals surface area contributed by atoms with E-state index in [4.69, 9.17) is 10.2 Å². The number of furan rings is 1. The van der Waals surface area contributed by atoms with Crippen molar-refractivity contribution in [1.29, 1.82) is 0 Å². The van der Waals surface area contributed by atoms with Crippen LogP contribution in [0.25, 0.3) is 0 Å². The van der Waals surface area contributed by atoms with Gasteiger partial charge in [0.05, 0.1) is 19.4 Å². The van der Waals surface area contributed by atoms with Crippen molar-refractivity contribution in [2.75, 3.05) is 6.54 Å². The van der Waals surface area contributed by atoms with Gasteiger partial charge in [-0.2, -0.15) is 13.2 Å². The molecule has 6 nitrogen and oxygen atoms in total. The lowest BCUT2D eigenvalue weighted by molar-refractivity contribution is -0.148. The average Bonchev–Trinajstić information content (AvgIpc) is 3.03. The molecule has 0 radical (unpaired) electrons. The molecule has 114 valence electrons. The van der Waals surface area contributed by atoms with Crippen LogP contribution in [0.3, 0.4) is 0 Å². The maximum absolute atomic E-state index is 12.7. The van der Waals surface area contributed by atoms with E-state index in [-0.39, 0.29) is 6.54 Å². The number of nitrogens with two attached hydrogens (primary N) is 1. The van der Waals surface area contributed by atoms with Gasteiger partial charge in [0, 0.05) is 25.2 Å². The summed E-state index contributed by atoms with van der Waals surface area (Å²) in [6.07, 6.45) is -2.91. The fourth-order valence-corrected chi connectivity index (χ4v) is 2.48. The van der Waals surface area contributed by atoms with Crippen LogP contribution in [0.4, 0.5) is 13.2 Å². The summed E-state index contributed by atoms with van der Waals surface area (Å²) in [4.78, 5) is 1.99. The predicted octanol–water partition coefficient (Wildman–Crippen LogP) is 1.36. The van der Waals surface area contributed by atoms with Crippen LogP contribution < -0.4 is 5.73 Å². The molecular formula is C12H14F3N5O. The molecule has 0 atom stereocenters. The minimum absolute atomic E-state index is 0.215. The Hall–Kier alpha value is -1.87. The van der Waals surface area contributed by atoms with Gasteiger partial charge in [0.25, 0.3) is 0 Å². The normalized spacial score (nSPS) is 16.2. The van der Waals surface area contributed by atoms with E-state index in [0.29, 0.717) is 37.8 Å². The minimum Gasteiger partial charge on any atom is -0.468 e. The maximum Gasteiger partial charge on any atom is 0.451 e. The van der Waals surface area contributed by atoms with Crippen LogP contribution in [-0.2, 0) is 32.4 Å². The quantitative estimate of drug-likeness (QED) is 0.927. The van der Waals surface area contributed by atoms with Gasteiger partial charge in [-0.15, -0.1) is 10.2 Å². The molecule has 21 heavy (non-hydrogen) atoms. The molecule has 2 aromatic heterocycles. The van der Waals surface area contributed by atoms with Gasteiger partial charge in [-0.3, -0.25) is 4.90 Å². The van der Waals surface area contributed by atoms with Crippen LogP contribution >= 0.6 is 0 Å². The van der Waals surface area contributed by atoms with Crippen LogP contribution in [0.1, 0.15) is 23.0 Å². The molecular weight excluding hydrogens is 287 g/mol. The smallest absolute Gasteiger partial charge is 0.451 e. The van der Waals surface area contributed by atoms with Crippen molar-refractivity contribution in [1.82, 2.24) is 19.7 Å². The fourth-order valence-electron chi connectivity index (χ4n) is 2.48. The van der Waals surface area contributed by atoms with Crippen LogP contribution in [-0.4, -0.2) is 26.2 Å². The largest absolute Gasteiger partial charge is 0.468 e. The molecule has 0 spiro atoms. The molecule has 0 saturated carbocycles. The first-order valence-electron chi connectivity index (χ1n) is 6.46. The summed E-state index contributed by atoms with van der Waals surface area (Å²) in [5.41, 5.74) is 6.51. The van der Waals surface area contributed by atoms with Crippen molar-refractivity contribution >= 4 is 0 Å². The molecule has 0 fully saturated rings. The van der Waals surface area contributed by atoms with Crippen LogP contribution in [0.2, 0.25) is 0 Å². The van der Waals surface area contributed by atoms with Crippen molar-refractivity contribution in [3.8, 4) is 0 Å². The molecule has 0 aromatic carbocycles. The molecule has 0 amide bonds. The molecule has 0 aliphatic carbocycles. The molecule has 1 aliphatic rings. The summed E-state index contributed by atoms with van der Waals surface area (Å²) >= 11 is 0. The fraction of sp³-hybridized carbons (Fsp3) is 0.500. The first-order valence-corrected chi connectivity index (χ1v) is 6.46. The predicted molar refractivity (Wildman–Crippen MR) is 65.7 cm³/mol. The second-order valence-corrected chi connectivity index (χ2v) is 4.87. The number of fused-ring (bicyclic) bond motifs is 1. The summed E-state index contributed by atoms with van der Waals surface area (Å²) < 4.78 is 44.6. The lowest BCUT2D eigenvalue weighted by Gasteiger charge is -2.27. The van der Waals surface area contributed by atoms with Crippen LogP contribution in [0.15, 0.2) is 16.7 Å². The van der Waals surface area contributed by atoms with Gasteiger partial charge >= 0.3 is 6.18 Å². The van der Waals surface area contributed by atoms with Gasteiger partial charge in [-0.1, -0.05) is 0 Å². The van der Waals surface area contributed by atoms with Gasteiger partial charge in [0.1, 0.15) is 11.6 Å². The Balaban J connectivity index is 1.75. The van der Waals surface area contributed by atoms with E-state index < -0.39 is 12.0 Å². The number of hydrogen-bond donors (Lipinski definition) is 1. The minimum atomic E-state index is -4.47. The lowest BCUT2D eigenvalue weighted by Crippen LogP contribution is -2.35. The third-order valence-corrected chi connectivity index (χ3v) is 3.50. The summed E-state index contributed by atoms with van der Waals surface area (Å²) in [7, 11) is 0. The first kappa shape index (κ1) is 14.1. The molecule has 0 bridgehead atoms.